The van der Waals surface area contributed by atoms with E-state index in [2.05, 4.69) is 5.32 Å². The predicted octanol–water partition coefficient (Wildman–Crippen LogP) is 3.15. The van der Waals surface area contributed by atoms with E-state index in [1.807, 2.05) is 0 Å². The molecule has 0 aliphatic rings. The Labute approximate surface area is 139 Å². The van der Waals surface area contributed by atoms with Gasteiger partial charge in [-0.15, -0.1) is 12.4 Å². The molecule has 0 aromatic heterocycles. The van der Waals surface area contributed by atoms with Crippen LogP contribution in [0.5, 0.6) is 0 Å². The largest absolute Gasteiger partial charge is 0.481 e. The van der Waals surface area contributed by atoms with E-state index in [4.69, 9.17) is 28.3 Å². The highest BCUT2D eigenvalue weighted by Crippen LogP contribution is 2.29. The van der Waals surface area contributed by atoms with Gasteiger partial charge in [-0.05, 0) is 26.1 Å². The predicted molar refractivity (Wildman–Crippen MR) is 86.7 cm³/mol. The molecule has 1 aromatic carbocycles. The summed E-state index contributed by atoms with van der Waals surface area (Å²) in [4.78, 5) is 24.2. The van der Waals surface area contributed by atoms with Crippen molar-refractivity contribution in [2.45, 2.75) is 19.4 Å². The van der Waals surface area contributed by atoms with Crippen molar-refractivity contribution in [1.29, 1.82) is 0 Å². The lowest BCUT2D eigenvalue weighted by Crippen LogP contribution is -2.40. The molecular formula is C13H17Cl3N2O3. The molecule has 1 aromatic rings. The molecule has 1 amide bonds. The van der Waals surface area contributed by atoms with E-state index in [0.717, 1.165) is 0 Å². The highest BCUT2D eigenvalue weighted by Gasteiger charge is 2.19. The molecule has 1 atom stereocenters. The van der Waals surface area contributed by atoms with E-state index in [0.29, 0.717) is 10.7 Å². The summed E-state index contributed by atoms with van der Waals surface area (Å²) >= 11 is 11.9. The Morgan fingerprint density at radius 3 is 2.57 bits per heavy atom. The van der Waals surface area contributed by atoms with Crippen molar-refractivity contribution in [2.24, 2.45) is 0 Å². The number of carbonyl (C=O) groups excluding carboxylic acids is 1. The SMILES string of the molecule is CC(C(=O)Nc1cccc(Cl)c1Cl)N(C)CCC(=O)O.Cl. The van der Waals surface area contributed by atoms with Crippen LogP contribution >= 0.6 is 35.6 Å². The number of benzene rings is 1. The Morgan fingerprint density at radius 2 is 2.00 bits per heavy atom. The Bertz CT molecular complexity index is 511. The molecule has 0 bridgehead atoms. The second-order valence-corrected chi connectivity index (χ2v) is 5.18. The minimum absolute atomic E-state index is 0. The molecule has 0 heterocycles. The number of amides is 1. The fraction of sp³-hybridized carbons (Fsp3) is 0.385. The molecule has 0 fully saturated rings. The quantitative estimate of drug-likeness (QED) is 0.822. The van der Waals surface area contributed by atoms with Crippen molar-refractivity contribution in [3.63, 3.8) is 0 Å². The highest BCUT2D eigenvalue weighted by atomic mass is 35.5. The van der Waals surface area contributed by atoms with Crippen molar-refractivity contribution in [3.8, 4) is 0 Å². The maximum absolute atomic E-state index is 12.1. The Balaban J connectivity index is 0.00000400. The van der Waals surface area contributed by atoms with E-state index >= 15 is 0 Å². The zero-order valence-electron chi connectivity index (χ0n) is 11.6. The fourth-order valence-electron chi connectivity index (χ4n) is 1.50. The van der Waals surface area contributed by atoms with Crippen LogP contribution in [0.3, 0.4) is 0 Å². The minimum Gasteiger partial charge on any atom is -0.481 e. The van der Waals surface area contributed by atoms with E-state index in [1.54, 1.807) is 37.1 Å². The zero-order chi connectivity index (χ0) is 15.3. The van der Waals surface area contributed by atoms with Crippen LogP contribution in [0.2, 0.25) is 10.0 Å². The molecule has 0 saturated carbocycles. The van der Waals surface area contributed by atoms with Gasteiger partial charge in [-0.1, -0.05) is 29.3 Å². The molecule has 1 rings (SSSR count). The van der Waals surface area contributed by atoms with Crippen LogP contribution in [0, 0.1) is 0 Å². The van der Waals surface area contributed by atoms with Crippen molar-refractivity contribution in [3.05, 3.63) is 28.2 Å². The highest BCUT2D eigenvalue weighted by molar-refractivity contribution is 6.44. The third-order valence-electron chi connectivity index (χ3n) is 2.93. The third kappa shape index (κ3) is 6.09. The van der Waals surface area contributed by atoms with E-state index in [9.17, 15) is 9.59 Å². The fourth-order valence-corrected chi connectivity index (χ4v) is 1.85. The van der Waals surface area contributed by atoms with E-state index in [-0.39, 0.29) is 36.3 Å². The first-order valence-electron chi connectivity index (χ1n) is 6.00. The summed E-state index contributed by atoms with van der Waals surface area (Å²) in [5.74, 6) is -1.18. The first-order valence-corrected chi connectivity index (χ1v) is 6.75. The van der Waals surface area contributed by atoms with Gasteiger partial charge >= 0.3 is 5.97 Å². The average Bonchev–Trinajstić information content (AvgIpc) is 2.40. The third-order valence-corrected chi connectivity index (χ3v) is 3.75. The monoisotopic (exact) mass is 354 g/mol. The smallest absolute Gasteiger partial charge is 0.304 e. The number of halogens is 3. The van der Waals surface area contributed by atoms with Crippen molar-refractivity contribution < 1.29 is 14.7 Å². The summed E-state index contributed by atoms with van der Waals surface area (Å²) in [7, 11) is 1.69. The average molecular weight is 356 g/mol. The summed E-state index contributed by atoms with van der Waals surface area (Å²) in [6, 6.07) is 4.48. The van der Waals surface area contributed by atoms with Crippen molar-refractivity contribution in [2.75, 3.05) is 18.9 Å². The van der Waals surface area contributed by atoms with Gasteiger partial charge < -0.3 is 10.4 Å². The summed E-state index contributed by atoms with van der Waals surface area (Å²) in [5, 5.41) is 11.9. The van der Waals surface area contributed by atoms with E-state index < -0.39 is 12.0 Å². The van der Waals surface area contributed by atoms with Gasteiger partial charge in [0.05, 0.1) is 28.2 Å². The molecule has 8 heteroatoms. The molecule has 2 N–H and O–H groups in total. The van der Waals surface area contributed by atoms with Crippen LogP contribution in [0.25, 0.3) is 0 Å². The number of carboxylic acid groups (broad SMARTS) is 1. The van der Waals surface area contributed by atoms with Gasteiger partial charge in [0.25, 0.3) is 0 Å². The number of aliphatic carboxylic acids is 1. The van der Waals surface area contributed by atoms with Crippen LogP contribution < -0.4 is 5.32 Å². The molecule has 0 aliphatic heterocycles. The van der Waals surface area contributed by atoms with Gasteiger partial charge in [0.1, 0.15) is 0 Å². The van der Waals surface area contributed by atoms with Crippen LogP contribution in [0.4, 0.5) is 5.69 Å². The lowest BCUT2D eigenvalue weighted by molar-refractivity contribution is -0.137. The van der Waals surface area contributed by atoms with Gasteiger partial charge in [-0.25, -0.2) is 0 Å². The minimum atomic E-state index is -0.901. The normalized spacial score (nSPS) is 11.7. The van der Waals surface area contributed by atoms with Crippen molar-refractivity contribution in [1.82, 2.24) is 4.90 Å². The van der Waals surface area contributed by atoms with Gasteiger partial charge in [0, 0.05) is 6.54 Å². The first kappa shape index (κ1) is 20.0. The van der Waals surface area contributed by atoms with Gasteiger partial charge in [0.15, 0.2) is 0 Å². The first-order chi connectivity index (χ1) is 9.32. The summed E-state index contributed by atoms with van der Waals surface area (Å²) in [5.41, 5.74) is 0.433. The van der Waals surface area contributed by atoms with Gasteiger partial charge in [-0.2, -0.15) is 0 Å². The lowest BCUT2D eigenvalue weighted by Gasteiger charge is -2.23. The number of nitrogens with one attached hydrogen (secondary N) is 1. The van der Waals surface area contributed by atoms with Crippen LogP contribution in [-0.2, 0) is 9.59 Å². The number of carbonyl (C=O) groups is 2. The second-order valence-electron chi connectivity index (χ2n) is 4.39. The van der Waals surface area contributed by atoms with Crippen LogP contribution in [0.1, 0.15) is 13.3 Å². The molecule has 1 unspecified atom stereocenters. The number of carboxylic acids is 1. The summed E-state index contributed by atoms with van der Waals surface area (Å²) < 4.78 is 0. The maximum atomic E-state index is 12.1. The topological polar surface area (TPSA) is 69.6 Å². The number of rotatable bonds is 6. The summed E-state index contributed by atoms with van der Waals surface area (Å²) in [6.07, 6.45) is -0.0218. The Kier molecular flexibility index (Phi) is 8.66. The summed E-state index contributed by atoms with van der Waals surface area (Å²) in [6.45, 7) is 1.98. The molecule has 5 nitrogen and oxygen atoms in total. The molecule has 21 heavy (non-hydrogen) atoms. The molecule has 0 aliphatic carbocycles. The molecule has 118 valence electrons. The van der Waals surface area contributed by atoms with Crippen LogP contribution in [-0.4, -0.2) is 41.5 Å². The number of nitrogens with zero attached hydrogens (tertiary/aromatic N) is 1. The number of likely N-dealkylation sites (N-methyl/N-ethyl adjacent to an activating group) is 1. The molecule has 0 spiro atoms. The van der Waals surface area contributed by atoms with Crippen molar-refractivity contribution >= 4 is 53.2 Å². The van der Waals surface area contributed by atoms with Gasteiger partial charge in [0.2, 0.25) is 5.91 Å². The number of hydrogen-bond acceptors (Lipinski definition) is 3. The molecule has 0 saturated heterocycles. The van der Waals surface area contributed by atoms with Crippen LogP contribution in [0.15, 0.2) is 18.2 Å². The Hall–Kier alpha value is -1.01. The molecular weight excluding hydrogens is 339 g/mol. The van der Waals surface area contributed by atoms with Gasteiger partial charge in [-0.3, -0.25) is 14.5 Å². The standard InChI is InChI=1S/C13H16Cl2N2O3.ClH/c1-8(17(2)7-6-11(18)19)13(20)16-10-5-3-4-9(14)12(10)15;/h3-5,8H,6-7H2,1-2H3,(H,16,20)(H,18,19);1H. The van der Waals surface area contributed by atoms with E-state index in [1.165, 1.54) is 0 Å². The maximum Gasteiger partial charge on any atom is 0.304 e. The number of anilines is 1. The number of hydrogen-bond donors (Lipinski definition) is 2. The molecule has 0 radical (unpaired) electrons. The Morgan fingerprint density at radius 1 is 1.38 bits per heavy atom. The zero-order valence-corrected chi connectivity index (χ0v) is 13.9. The second kappa shape index (κ2) is 9.10. The lowest BCUT2D eigenvalue weighted by atomic mass is 10.2.